The second kappa shape index (κ2) is 6.27. The predicted octanol–water partition coefficient (Wildman–Crippen LogP) is 4.13. The summed E-state index contributed by atoms with van der Waals surface area (Å²) in [7, 11) is 0. The van der Waals surface area contributed by atoms with Gasteiger partial charge in [-0.15, -0.1) is 3.69 Å². The quantitative estimate of drug-likeness (QED) is 0.533. The van der Waals surface area contributed by atoms with Crippen molar-refractivity contribution in [3.05, 3.63) is 24.3 Å². The van der Waals surface area contributed by atoms with E-state index in [-0.39, 0.29) is 3.69 Å². The molecule has 0 saturated carbocycles. The van der Waals surface area contributed by atoms with Crippen molar-refractivity contribution in [2.75, 3.05) is 0 Å². The summed E-state index contributed by atoms with van der Waals surface area (Å²) in [6, 6.07) is 3.65. The minimum atomic E-state index is -6.74. The average Bonchev–Trinajstić information content (AvgIpc) is 2.31. The molecule has 0 fully saturated rings. The molecule has 1 rings (SSSR count). The molecule has 0 amide bonds. The second-order valence-corrected chi connectivity index (χ2v) is 6.82. The molecule has 0 aliphatic heterocycles. The van der Waals surface area contributed by atoms with Crippen LogP contribution in [-0.4, -0.2) is 42.3 Å². The first kappa shape index (κ1) is 19.7. The monoisotopic (exact) mass is 414 g/mol. The normalized spacial score (nSPS) is 13.7. The van der Waals surface area contributed by atoms with E-state index >= 15 is 0 Å². The first-order valence-electron chi connectivity index (χ1n) is 5.30. The molecule has 0 spiro atoms. The highest BCUT2D eigenvalue weighted by atomic mass is 79.9. The highest BCUT2D eigenvalue weighted by Gasteiger charge is 2.86. The topological polar surface area (TPSA) is 9.23 Å². The Morgan fingerprint density at radius 1 is 0.818 bits per heavy atom. The molecule has 0 unspecified atom stereocenters. The molecule has 0 atom stereocenters. The molecule has 0 aliphatic carbocycles. The summed E-state index contributed by atoms with van der Waals surface area (Å²) in [4.78, 5) is 0. The maximum absolute atomic E-state index is 12.7. The van der Waals surface area contributed by atoms with Gasteiger partial charge in [0.15, 0.2) is 0 Å². The van der Waals surface area contributed by atoms with Gasteiger partial charge in [0.25, 0.3) is 0 Å². The van der Waals surface area contributed by atoms with E-state index in [2.05, 4.69) is 17.6 Å². The highest BCUT2D eigenvalue weighted by molar-refractivity contribution is 9.23. The van der Waals surface area contributed by atoms with Gasteiger partial charge in [-0.2, -0.15) is 39.5 Å². The van der Waals surface area contributed by atoms with Crippen molar-refractivity contribution in [1.29, 1.82) is 0 Å². The molecular formula is C10H4BrF9MgO. The molecule has 0 saturated heterocycles. The van der Waals surface area contributed by atoms with Crippen LogP contribution in [0.15, 0.2) is 24.3 Å². The van der Waals surface area contributed by atoms with Crippen molar-refractivity contribution in [3.8, 4) is 5.75 Å². The van der Waals surface area contributed by atoms with Crippen LogP contribution in [0.25, 0.3) is 0 Å². The molecule has 22 heavy (non-hydrogen) atoms. The molecule has 0 heterocycles. The summed E-state index contributed by atoms with van der Waals surface area (Å²) in [5.41, 5.74) is -6.29. The molecule has 0 radical (unpaired) electrons. The van der Waals surface area contributed by atoms with Gasteiger partial charge in [0.2, 0.25) is 0 Å². The van der Waals surface area contributed by atoms with Crippen molar-refractivity contribution in [2.24, 2.45) is 0 Å². The van der Waals surface area contributed by atoms with Crippen LogP contribution in [0.5, 0.6) is 5.75 Å². The third-order valence-corrected chi connectivity index (χ3v) is 5.21. The van der Waals surface area contributed by atoms with Gasteiger partial charge in [-0.25, -0.2) is 0 Å². The van der Waals surface area contributed by atoms with Crippen LogP contribution in [0.1, 0.15) is 0 Å². The van der Waals surface area contributed by atoms with E-state index in [0.29, 0.717) is 12.1 Å². The molecule has 0 aliphatic rings. The zero-order chi connectivity index (χ0) is 17.4. The van der Waals surface area contributed by atoms with Crippen molar-refractivity contribution < 1.29 is 44.3 Å². The van der Waals surface area contributed by atoms with Crippen LogP contribution in [0.3, 0.4) is 0 Å². The first-order chi connectivity index (χ1) is 9.76. The fourth-order valence-corrected chi connectivity index (χ4v) is 3.07. The summed E-state index contributed by atoms with van der Waals surface area (Å²) >= 11 is 1.81. The Labute approximate surface area is 133 Å². The Bertz CT molecular complexity index is 486. The molecule has 0 aromatic heterocycles. The number of hydrogen-bond donors (Lipinski definition) is 0. The lowest BCUT2D eigenvalue weighted by Crippen LogP contribution is -2.69. The molecule has 122 valence electrons. The standard InChI is InChI=1S/C10H4F9O.BrH.Mg/c11-8(12,13)7(9(14,15)16,10(17,18)19)20-6-4-2-1-3-5-6;;/h1-2,4-5H;1H;/q;;+1/p-1. The maximum Gasteiger partial charge on any atom is 0.506 e. The lowest BCUT2D eigenvalue weighted by Gasteiger charge is -2.38. The van der Waals surface area contributed by atoms with Crippen molar-refractivity contribution >= 4 is 34.8 Å². The smallest absolute Gasteiger partial charge is 0.462 e. The predicted molar refractivity (Wildman–Crippen MR) is 62.3 cm³/mol. The third kappa shape index (κ3) is 3.58. The minimum Gasteiger partial charge on any atom is -0.462 e. The van der Waals surface area contributed by atoms with Gasteiger partial charge in [0.1, 0.15) is 5.75 Å². The van der Waals surface area contributed by atoms with Gasteiger partial charge in [0.05, 0.1) is 0 Å². The molecular weight excluding hydrogens is 411 g/mol. The van der Waals surface area contributed by atoms with E-state index in [1.165, 1.54) is 6.07 Å². The molecule has 1 aromatic rings. The number of benzene rings is 1. The fraction of sp³-hybridized carbons (Fsp3) is 0.400. The van der Waals surface area contributed by atoms with Crippen LogP contribution in [0, 0.1) is 0 Å². The lowest BCUT2D eigenvalue weighted by molar-refractivity contribution is -0.436. The van der Waals surface area contributed by atoms with E-state index in [9.17, 15) is 39.5 Å². The zero-order valence-corrected chi connectivity index (χ0v) is 13.2. The summed E-state index contributed by atoms with van der Waals surface area (Å²) in [6.45, 7) is 0. The summed E-state index contributed by atoms with van der Waals surface area (Å²) < 4.78 is 118. The van der Waals surface area contributed by atoms with Gasteiger partial charge in [-0.3, -0.25) is 12.9 Å². The largest absolute Gasteiger partial charge is 0.506 e. The highest BCUT2D eigenvalue weighted by Crippen LogP contribution is 2.54. The van der Waals surface area contributed by atoms with Crippen molar-refractivity contribution in [1.82, 2.24) is 0 Å². The Balaban J connectivity index is 3.50. The molecule has 1 aromatic carbocycles. The fourth-order valence-electron chi connectivity index (χ4n) is 1.52. The van der Waals surface area contributed by atoms with Crippen molar-refractivity contribution in [2.45, 2.75) is 24.1 Å². The molecule has 1 nitrogen and oxygen atoms in total. The minimum absolute atomic E-state index is 0.276. The zero-order valence-electron chi connectivity index (χ0n) is 10.2. The van der Waals surface area contributed by atoms with E-state index in [4.69, 9.17) is 0 Å². The van der Waals surface area contributed by atoms with E-state index < -0.39 is 48.1 Å². The lowest BCUT2D eigenvalue weighted by atomic mass is 10.0. The molecule has 0 bridgehead atoms. The van der Waals surface area contributed by atoms with E-state index in [1.807, 2.05) is 0 Å². The van der Waals surface area contributed by atoms with Gasteiger partial charge in [-0.05, 0) is 12.1 Å². The van der Waals surface area contributed by atoms with Gasteiger partial charge < -0.3 is 4.74 Å². The van der Waals surface area contributed by atoms with E-state index in [1.54, 1.807) is 0 Å². The number of rotatable bonds is 3. The number of halogens is 10. The maximum atomic E-state index is 12.7. The van der Waals surface area contributed by atoms with Crippen LogP contribution in [0.2, 0.25) is 0 Å². The Morgan fingerprint density at radius 2 is 1.27 bits per heavy atom. The van der Waals surface area contributed by atoms with E-state index in [0.717, 1.165) is 6.07 Å². The summed E-state index contributed by atoms with van der Waals surface area (Å²) in [5, 5.41) is 0. The summed E-state index contributed by atoms with van der Waals surface area (Å²) in [6.07, 6.45) is -20.2. The number of ether oxygens (including phenoxy) is 1. The SMILES string of the molecule is FC(F)(F)C(Oc1ccc[c]([Mg][Br])c1)(C(F)(F)F)C(F)(F)F. The van der Waals surface area contributed by atoms with Crippen LogP contribution >= 0.6 is 12.9 Å². The number of alkyl halides is 9. The summed E-state index contributed by atoms with van der Waals surface area (Å²) in [5.74, 6) is -1.17. The van der Waals surface area contributed by atoms with Gasteiger partial charge in [0, 0.05) is 0 Å². The number of hydrogen-bond acceptors (Lipinski definition) is 1. The van der Waals surface area contributed by atoms with Crippen LogP contribution in [-0.2, 0) is 0 Å². The average molecular weight is 415 g/mol. The Morgan fingerprint density at radius 3 is 1.64 bits per heavy atom. The molecule has 12 heteroatoms. The Hall–Kier alpha value is -0.364. The van der Waals surface area contributed by atoms with Crippen LogP contribution < -0.4 is 8.43 Å². The first-order valence-corrected chi connectivity index (χ1v) is 9.91. The Kier molecular flexibility index (Phi) is 5.61. The van der Waals surface area contributed by atoms with Crippen molar-refractivity contribution in [3.63, 3.8) is 0 Å². The second-order valence-electron chi connectivity index (χ2n) is 4.06. The third-order valence-electron chi connectivity index (χ3n) is 2.52. The molecule has 0 N–H and O–H groups in total. The van der Waals surface area contributed by atoms with Gasteiger partial charge >= 0.3 is 42.3 Å². The van der Waals surface area contributed by atoms with Gasteiger partial charge in [-0.1, -0.05) is 12.1 Å². The van der Waals surface area contributed by atoms with Crippen LogP contribution in [0.4, 0.5) is 39.5 Å².